The Labute approximate surface area is 116 Å². The van der Waals surface area contributed by atoms with E-state index in [0.717, 1.165) is 18.2 Å². The van der Waals surface area contributed by atoms with Gasteiger partial charge >= 0.3 is 0 Å². The van der Waals surface area contributed by atoms with Gasteiger partial charge in [0.15, 0.2) is 0 Å². The molecule has 0 spiro atoms. The summed E-state index contributed by atoms with van der Waals surface area (Å²) in [6.07, 6.45) is 1.59. The molecule has 1 aromatic rings. The number of nitrogens with two attached hydrogens (primary N) is 1. The molecule has 3 N–H and O–H groups in total. The lowest BCUT2D eigenvalue weighted by Gasteiger charge is -2.28. The number of anilines is 2. The summed E-state index contributed by atoms with van der Waals surface area (Å²) in [6, 6.07) is 1.96. The molecule has 1 rings (SSSR count). The van der Waals surface area contributed by atoms with Crippen molar-refractivity contribution in [3.63, 3.8) is 0 Å². The van der Waals surface area contributed by atoms with Gasteiger partial charge in [0, 0.05) is 31.7 Å². The first kappa shape index (κ1) is 15.7. The van der Waals surface area contributed by atoms with E-state index in [1.54, 1.807) is 6.33 Å². The number of rotatable bonds is 5. The van der Waals surface area contributed by atoms with Gasteiger partial charge in [-0.1, -0.05) is 20.8 Å². The van der Waals surface area contributed by atoms with Crippen LogP contribution in [0.2, 0.25) is 0 Å². The van der Waals surface area contributed by atoms with E-state index in [2.05, 4.69) is 41.0 Å². The molecular formula is C14H27N5. The zero-order valence-electron chi connectivity index (χ0n) is 13.0. The van der Waals surface area contributed by atoms with Gasteiger partial charge in [-0.3, -0.25) is 0 Å². The van der Waals surface area contributed by atoms with Gasteiger partial charge < -0.3 is 16.0 Å². The minimum Gasteiger partial charge on any atom is -0.364 e. The van der Waals surface area contributed by atoms with Gasteiger partial charge in [-0.25, -0.2) is 9.97 Å². The molecule has 108 valence electrons. The smallest absolute Gasteiger partial charge is 0.133 e. The van der Waals surface area contributed by atoms with Crippen LogP contribution in [0.1, 0.15) is 34.6 Å². The molecule has 0 fully saturated rings. The van der Waals surface area contributed by atoms with Crippen molar-refractivity contribution in [1.82, 2.24) is 9.97 Å². The molecule has 19 heavy (non-hydrogen) atoms. The SMILES string of the molecule is CN(CC(C)(C)C)c1cc(NC(C)(C)CN)ncn1. The van der Waals surface area contributed by atoms with E-state index in [-0.39, 0.29) is 11.0 Å². The second kappa shape index (κ2) is 5.74. The number of hydrogen-bond donors (Lipinski definition) is 2. The lowest BCUT2D eigenvalue weighted by molar-refractivity contribution is 0.417. The third-order valence-electron chi connectivity index (χ3n) is 2.73. The molecule has 0 amide bonds. The zero-order valence-corrected chi connectivity index (χ0v) is 13.0. The van der Waals surface area contributed by atoms with Crippen LogP contribution >= 0.6 is 0 Å². The predicted octanol–water partition coefficient (Wildman–Crippen LogP) is 2.11. The monoisotopic (exact) mass is 265 g/mol. The number of nitrogens with one attached hydrogen (secondary N) is 1. The molecule has 0 aromatic carbocycles. The second-order valence-electron chi connectivity index (χ2n) is 6.89. The summed E-state index contributed by atoms with van der Waals surface area (Å²) in [5.41, 5.74) is 5.77. The van der Waals surface area contributed by atoms with Crippen molar-refractivity contribution in [1.29, 1.82) is 0 Å². The Hall–Kier alpha value is -1.36. The largest absolute Gasteiger partial charge is 0.364 e. The van der Waals surface area contributed by atoms with Crippen molar-refractivity contribution in [2.75, 3.05) is 30.4 Å². The number of aromatic nitrogens is 2. The van der Waals surface area contributed by atoms with Crippen LogP contribution in [0, 0.1) is 5.41 Å². The molecule has 0 saturated heterocycles. The van der Waals surface area contributed by atoms with Crippen LogP contribution in [-0.4, -0.2) is 35.6 Å². The molecule has 0 saturated carbocycles. The first-order valence-electron chi connectivity index (χ1n) is 6.64. The molecule has 0 aliphatic heterocycles. The standard InChI is InChI=1S/C14H27N5/c1-13(2,3)9-19(6)12-7-11(16-10-17-12)18-14(4,5)8-15/h7,10H,8-9,15H2,1-6H3,(H,16,17,18). The van der Waals surface area contributed by atoms with Crippen molar-refractivity contribution in [2.24, 2.45) is 11.1 Å². The minimum atomic E-state index is -0.172. The summed E-state index contributed by atoms with van der Waals surface area (Å²) in [4.78, 5) is 10.7. The summed E-state index contributed by atoms with van der Waals surface area (Å²) < 4.78 is 0. The molecule has 5 nitrogen and oxygen atoms in total. The average Bonchev–Trinajstić information content (AvgIpc) is 2.26. The molecule has 0 bridgehead atoms. The van der Waals surface area contributed by atoms with Crippen LogP contribution in [0.15, 0.2) is 12.4 Å². The Morgan fingerprint density at radius 2 is 1.84 bits per heavy atom. The Kier molecular flexibility index (Phi) is 4.74. The maximum absolute atomic E-state index is 5.72. The fourth-order valence-electron chi connectivity index (χ4n) is 1.81. The quantitative estimate of drug-likeness (QED) is 0.853. The summed E-state index contributed by atoms with van der Waals surface area (Å²) >= 11 is 0. The van der Waals surface area contributed by atoms with Gasteiger partial charge in [-0.2, -0.15) is 0 Å². The Morgan fingerprint density at radius 1 is 1.21 bits per heavy atom. The third kappa shape index (κ3) is 5.42. The first-order chi connectivity index (χ1) is 8.63. The lowest BCUT2D eigenvalue weighted by Crippen LogP contribution is -2.39. The fraction of sp³-hybridized carbons (Fsp3) is 0.714. The molecule has 0 aliphatic rings. The van der Waals surface area contributed by atoms with Crippen molar-refractivity contribution in [2.45, 2.75) is 40.2 Å². The maximum atomic E-state index is 5.72. The van der Waals surface area contributed by atoms with Crippen LogP contribution in [0.4, 0.5) is 11.6 Å². The number of hydrogen-bond acceptors (Lipinski definition) is 5. The fourth-order valence-corrected chi connectivity index (χ4v) is 1.81. The summed E-state index contributed by atoms with van der Waals surface area (Å²) in [7, 11) is 2.05. The highest BCUT2D eigenvalue weighted by molar-refractivity contribution is 5.49. The molecule has 1 heterocycles. The third-order valence-corrected chi connectivity index (χ3v) is 2.73. The van der Waals surface area contributed by atoms with Crippen molar-refractivity contribution < 1.29 is 0 Å². The molecule has 0 atom stereocenters. The van der Waals surface area contributed by atoms with E-state index in [9.17, 15) is 0 Å². The van der Waals surface area contributed by atoms with E-state index < -0.39 is 0 Å². The van der Waals surface area contributed by atoms with E-state index >= 15 is 0 Å². The normalized spacial score (nSPS) is 12.4. The van der Waals surface area contributed by atoms with Gasteiger partial charge in [0.25, 0.3) is 0 Å². The molecule has 0 unspecified atom stereocenters. The maximum Gasteiger partial charge on any atom is 0.133 e. The highest BCUT2D eigenvalue weighted by Gasteiger charge is 2.18. The molecule has 0 aliphatic carbocycles. The van der Waals surface area contributed by atoms with E-state index in [4.69, 9.17) is 5.73 Å². The zero-order chi connectivity index (χ0) is 14.7. The minimum absolute atomic E-state index is 0.172. The van der Waals surface area contributed by atoms with Gasteiger partial charge in [0.2, 0.25) is 0 Å². The van der Waals surface area contributed by atoms with Crippen molar-refractivity contribution >= 4 is 11.6 Å². The van der Waals surface area contributed by atoms with E-state index in [1.807, 2.05) is 27.0 Å². The van der Waals surface area contributed by atoms with E-state index in [1.165, 1.54) is 0 Å². The number of nitrogens with zero attached hydrogens (tertiary/aromatic N) is 3. The van der Waals surface area contributed by atoms with Crippen LogP contribution in [-0.2, 0) is 0 Å². The van der Waals surface area contributed by atoms with Gasteiger partial charge in [-0.15, -0.1) is 0 Å². The lowest BCUT2D eigenvalue weighted by atomic mass is 9.96. The first-order valence-corrected chi connectivity index (χ1v) is 6.64. The molecule has 5 heteroatoms. The highest BCUT2D eigenvalue weighted by Crippen LogP contribution is 2.20. The Balaban J connectivity index is 2.82. The summed E-state index contributed by atoms with van der Waals surface area (Å²) in [6.45, 7) is 12.2. The Bertz CT molecular complexity index is 409. The van der Waals surface area contributed by atoms with Crippen LogP contribution in [0.3, 0.4) is 0 Å². The highest BCUT2D eigenvalue weighted by atomic mass is 15.2. The van der Waals surface area contributed by atoms with Crippen LogP contribution in [0.5, 0.6) is 0 Å². The molecule has 0 radical (unpaired) electrons. The van der Waals surface area contributed by atoms with Crippen molar-refractivity contribution in [3.05, 3.63) is 12.4 Å². The van der Waals surface area contributed by atoms with Gasteiger partial charge in [0.1, 0.15) is 18.0 Å². The van der Waals surface area contributed by atoms with Crippen molar-refractivity contribution in [3.8, 4) is 0 Å². The van der Waals surface area contributed by atoms with Crippen LogP contribution in [0.25, 0.3) is 0 Å². The van der Waals surface area contributed by atoms with Gasteiger partial charge in [0.05, 0.1) is 0 Å². The van der Waals surface area contributed by atoms with E-state index in [0.29, 0.717) is 6.54 Å². The second-order valence-corrected chi connectivity index (χ2v) is 6.89. The van der Waals surface area contributed by atoms with Crippen LogP contribution < -0.4 is 16.0 Å². The summed E-state index contributed by atoms with van der Waals surface area (Å²) in [5.74, 6) is 1.72. The molecule has 1 aromatic heterocycles. The van der Waals surface area contributed by atoms with Gasteiger partial charge in [-0.05, 0) is 19.3 Å². The summed E-state index contributed by atoms with van der Waals surface area (Å²) in [5, 5.41) is 3.32. The predicted molar refractivity (Wildman–Crippen MR) is 81.5 cm³/mol. The molecular weight excluding hydrogens is 238 g/mol. The average molecular weight is 265 g/mol. The Morgan fingerprint density at radius 3 is 2.37 bits per heavy atom. The topological polar surface area (TPSA) is 67.1 Å².